The van der Waals surface area contributed by atoms with Crippen molar-refractivity contribution < 1.29 is 0 Å². The molecule has 0 radical (unpaired) electrons. The zero-order valence-corrected chi connectivity index (χ0v) is 10.7. The second kappa shape index (κ2) is 5.27. The molecular weight excluding hydrogens is 240 g/mol. The predicted molar refractivity (Wildman–Crippen MR) is 68.0 cm³/mol. The van der Waals surface area contributed by atoms with E-state index in [0.29, 0.717) is 0 Å². The number of rotatable bonds is 4. The van der Waals surface area contributed by atoms with E-state index in [-0.39, 0.29) is 0 Å². The van der Waals surface area contributed by atoms with E-state index in [1.165, 1.54) is 4.88 Å². The molecular formula is C10H12N4S2. The van der Waals surface area contributed by atoms with Gasteiger partial charge in [0.05, 0.1) is 17.7 Å². The summed E-state index contributed by atoms with van der Waals surface area (Å²) in [5.41, 5.74) is 2.94. The highest BCUT2D eigenvalue weighted by Gasteiger charge is 2.02. The fourth-order valence-electron chi connectivity index (χ4n) is 1.21. The maximum atomic E-state index is 4.20. The van der Waals surface area contributed by atoms with Crippen molar-refractivity contribution in [1.82, 2.24) is 15.0 Å². The number of anilines is 1. The molecule has 0 aromatic carbocycles. The van der Waals surface area contributed by atoms with Gasteiger partial charge in [0.25, 0.3) is 0 Å². The van der Waals surface area contributed by atoms with E-state index in [1.54, 1.807) is 29.4 Å². The number of thioether (sulfide) groups is 1. The predicted octanol–water partition coefficient (Wildman–Crippen LogP) is 2.58. The van der Waals surface area contributed by atoms with E-state index in [4.69, 9.17) is 0 Å². The van der Waals surface area contributed by atoms with E-state index < -0.39 is 0 Å². The molecule has 84 valence electrons. The Bertz CT molecular complexity index is 469. The van der Waals surface area contributed by atoms with Gasteiger partial charge in [-0.15, -0.1) is 23.1 Å². The second-order valence-corrected chi connectivity index (χ2v) is 4.93. The van der Waals surface area contributed by atoms with Gasteiger partial charge in [-0.2, -0.15) is 0 Å². The lowest BCUT2D eigenvalue weighted by atomic mass is 10.4. The van der Waals surface area contributed by atoms with Gasteiger partial charge in [0.1, 0.15) is 17.2 Å². The van der Waals surface area contributed by atoms with Crippen LogP contribution in [0.5, 0.6) is 0 Å². The fourth-order valence-corrected chi connectivity index (χ4v) is 2.31. The highest BCUT2D eigenvalue weighted by atomic mass is 32.2. The van der Waals surface area contributed by atoms with Crippen molar-refractivity contribution in [2.75, 3.05) is 11.6 Å². The number of thiazole rings is 1. The van der Waals surface area contributed by atoms with Gasteiger partial charge in [-0.3, -0.25) is 0 Å². The number of hydrogen-bond donors (Lipinski definition) is 1. The van der Waals surface area contributed by atoms with E-state index in [0.717, 1.165) is 23.1 Å². The molecule has 2 aromatic heterocycles. The Morgan fingerprint density at radius 2 is 2.25 bits per heavy atom. The zero-order chi connectivity index (χ0) is 11.4. The second-order valence-electron chi connectivity index (χ2n) is 3.16. The van der Waals surface area contributed by atoms with Gasteiger partial charge >= 0.3 is 0 Å². The van der Waals surface area contributed by atoms with Crippen LogP contribution in [0, 0.1) is 6.92 Å². The van der Waals surface area contributed by atoms with Gasteiger partial charge in [0.2, 0.25) is 0 Å². The fraction of sp³-hybridized carbons (Fsp3) is 0.300. The minimum absolute atomic E-state index is 0.765. The molecule has 2 rings (SSSR count). The average molecular weight is 252 g/mol. The molecule has 0 amide bonds. The van der Waals surface area contributed by atoms with Crippen LogP contribution in [0.3, 0.4) is 0 Å². The Morgan fingerprint density at radius 3 is 2.94 bits per heavy atom. The van der Waals surface area contributed by atoms with Crippen molar-refractivity contribution in [3.63, 3.8) is 0 Å². The minimum Gasteiger partial charge on any atom is -0.365 e. The molecule has 0 fully saturated rings. The highest BCUT2D eigenvalue weighted by Crippen LogP contribution is 2.16. The van der Waals surface area contributed by atoms with Crippen molar-refractivity contribution in [2.45, 2.75) is 18.5 Å². The van der Waals surface area contributed by atoms with Gasteiger partial charge in [-0.1, -0.05) is 0 Å². The summed E-state index contributed by atoms with van der Waals surface area (Å²) < 4.78 is 0. The standard InChI is InChI=1S/C10H12N4S2/c1-7-8(16-6-14-7)4-11-9-3-10(15-2)13-5-12-9/h3,5-6H,4H2,1-2H3,(H,11,12,13). The molecule has 0 aliphatic carbocycles. The van der Waals surface area contributed by atoms with Gasteiger partial charge in [0, 0.05) is 10.9 Å². The SMILES string of the molecule is CSc1cc(NCc2scnc2C)ncn1. The first-order valence-electron chi connectivity index (χ1n) is 4.78. The molecule has 0 aliphatic rings. The van der Waals surface area contributed by atoms with Crippen molar-refractivity contribution in [3.8, 4) is 0 Å². The lowest BCUT2D eigenvalue weighted by Crippen LogP contribution is -2.01. The zero-order valence-electron chi connectivity index (χ0n) is 9.10. The topological polar surface area (TPSA) is 50.7 Å². The lowest BCUT2D eigenvalue weighted by Gasteiger charge is -2.04. The summed E-state index contributed by atoms with van der Waals surface area (Å²) in [7, 11) is 0. The van der Waals surface area contributed by atoms with Gasteiger partial charge in [0.15, 0.2) is 0 Å². The Balaban J connectivity index is 2.02. The van der Waals surface area contributed by atoms with Crippen LogP contribution in [0.1, 0.15) is 10.6 Å². The monoisotopic (exact) mass is 252 g/mol. The normalized spacial score (nSPS) is 10.4. The Hall–Kier alpha value is -1.14. The maximum Gasteiger partial charge on any atom is 0.130 e. The van der Waals surface area contributed by atoms with E-state index in [1.807, 2.05) is 24.8 Å². The molecule has 2 aromatic rings. The molecule has 0 saturated carbocycles. The smallest absolute Gasteiger partial charge is 0.130 e. The van der Waals surface area contributed by atoms with Gasteiger partial charge < -0.3 is 5.32 Å². The third-order valence-electron chi connectivity index (χ3n) is 2.13. The van der Waals surface area contributed by atoms with Crippen LogP contribution < -0.4 is 5.32 Å². The molecule has 0 unspecified atom stereocenters. The van der Waals surface area contributed by atoms with Crippen LogP contribution in [-0.2, 0) is 6.54 Å². The first kappa shape index (κ1) is 11.3. The summed E-state index contributed by atoms with van der Waals surface area (Å²) in [6, 6.07) is 1.95. The summed E-state index contributed by atoms with van der Waals surface area (Å²) in [4.78, 5) is 13.7. The summed E-state index contributed by atoms with van der Waals surface area (Å²) in [5, 5.41) is 4.24. The van der Waals surface area contributed by atoms with Crippen LogP contribution in [0.15, 0.2) is 22.9 Å². The molecule has 0 aliphatic heterocycles. The van der Waals surface area contributed by atoms with Crippen molar-refractivity contribution in [2.24, 2.45) is 0 Å². The number of aromatic nitrogens is 3. The molecule has 6 heteroatoms. The number of nitrogens with one attached hydrogen (secondary N) is 1. The first-order valence-corrected chi connectivity index (χ1v) is 6.89. The quantitative estimate of drug-likeness (QED) is 0.669. The van der Waals surface area contributed by atoms with Crippen molar-refractivity contribution in [3.05, 3.63) is 28.5 Å². The molecule has 16 heavy (non-hydrogen) atoms. The van der Waals surface area contributed by atoms with Crippen LogP contribution >= 0.6 is 23.1 Å². The largest absolute Gasteiger partial charge is 0.365 e. The van der Waals surface area contributed by atoms with Crippen molar-refractivity contribution >= 4 is 28.9 Å². The van der Waals surface area contributed by atoms with Gasteiger partial charge in [-0.25, -0.2) is 15.0 Å². The third-order valence-corrected chi connectivity index (χ3v) is 3.70. The van der Waals surface area contributed by atoms with Crippen LogP contribution in [-0.4, -0.2) is 21.2 Å². The number of nitrogens with zero attached hydrogens (tertiary/aromatic N) is 3. The van der Waals surface area contributed by atoms with E-state index in [9.17, 15) is 0 Å². The molecule has 4 nitrogen and oxygen atoms in total. The summed E-state index contributed by atoms with van der Waals surface area (Å²) in [6.07, 6.45) is 3.58. The van der Waals surface area contributed by atoms with E-state index >= 15 is 0 Å². The Kier molecular flexibility index (Phi) is 3.74. The Morgan fingerprint density at radius 1 is 1.38 bits per heavy atom. The van der Waals surface area contributed by atoms with Crippen LogP contribution in [0.2, 0.25) is 0 Å². The molecule has 1 N–H and O–H groups in total. The lowest BCUT2D eigenvalue weighted by molar-refractivity contribution is 1.02. The van der Waals surface area contributed by atoms with E-state index in [2.05, 4.69) is 20.3 Å². The summed E-state index contributed by atoms with van der Waals surface area (Å²) >= 11 is 3.27. The Labute approximate surface area is 103 Å². The van der Waals surface area contributed by atoms with Crippen LogP contribution in [0.4, 0.5) is 5.82 Å². The summed E-state index contributed by atoms with van der Waals surface area (Å²) in [6.45, 7) is 2.78. The first-order chi connectivity index (χ1) is 7.79. The maximum absolute atomic E-state index is 4.20. The van der Waals surface area contributed by atoms with Crippen LogP contribution in [0.25, 0.3) is 0 Å². The molecule has 0 spiro atoms. The molecule has 0 atom stereocenters. The summed E-state index contributed by atoms with van der Waals surface area (Å²) in [5.74, 6) is 0.854. The van der Waals surface area contributed by atoms with Gasteiger partial charge in [-0.05, 0) is 13.2 Å². The third kappa shape index (κ3) is 2.70. The molecule has 0 saturated heterocycles. The molecule has 0 bridgehead atoms. The highest BCUT2D eigenvalue weighted by molar-refractivity contribution is 7.98. The molecule has 2 heterocycles. The number of aryl methyl sites for hydroxylation is 1. The minimum atomic E-state index is 0.765. The average Bonchev–Trinajstić information content (AvgIpc) is 2.72. The van der Waals surface area contributed by atoms with Crippen molar-refractivity contribution in [1.29, 1.82) is 0 Å². The number of hydrogen-bond acceptors (Lipinski definition) is 6.